The second-order valence-electron chi connectivity index (χ2n) is 3.61. The van der Waals surface area contributed by atoms with E-state index in [4.69, 9.17) is 0 Å². The molecule has 0 bridgehead atoms. The van der Waals surface area contributed by atoms with Gasteiger partial charge in [0, 0.05) is 12.6 Å². The third-order valence-corrected chi connectivity index (χ3v) is 2.81. The van der Waals surface area contributed by atoms with Crippen LogP contribution in [0.5, 0.6) is 0 Å². The van der Waals surface area contributed by atoms with Gasteiger partial charge in [-0.1, -0.05) is 6.92 Å². The summed E-state index contributed by atoms with van der Waals surface area (Å²) in [4.78, 5) is 2.42. The summed E-state index contributed by atoms with van der Waals surface area (Å²) in [6, 6.07) is 0.736. The number of nitrogens with one attached hydrogen (secondary N) is 1. The molecular formula is C9H20N2. The van der Waals surface area contributed by atoms with Crippen molar-refractivity contribution in [3.8, 4) is 0 Å². The zero-order valence-electron chi connectivity index (χ0n) is 7.93. The highest BCUT2D eigenvalue weighted by Crippen LogP contribution is 2.19. The molecule has 1 saturated heterocycles. The maximum Gasteiger partial charge on any atom is 0.0102 e. The molecule has 1 rings (SSSR count). The first-order chi connectivity index (χ1) is 5.27. The van der Waals surface area contributed by atoms with Gasteiger partial charge in [0.25, 0.3) is 0 Å². The van der Waals surface area contributed by atoms with Crippen molar-refractivity contribution >= 4 is 0 Å². The SMILES string of the molecule is CCC(NC)C1CCN(C)C1. The first-order valence-electron chi connectivity index (χ1n) is 4.63. The summed E-state index contributed by atoms with van der Waals surface area (Å²) in [7, 11) is 4.29. The highest BCUT2D eigenvalue weighted by Gasteiger charge is 2.25. The van der Waals surface area contributed by atoms with Gasteiger partial charge >= 0.3 is 0 Å². The highest BCUT2D eigenvalue weighted by molar-refractivity contribution is 4.81. The minimum Gasteiger partial charge on any atom is -0.317 e. The molecule has 0 radical (unpaired) electrons. The van der Waals surface area contributed by atoms with Gasteiger partial charge in [0.2, 0.25) is 0 Å². The molecule has 0 amide bonds. The van der Waals surface area contributed by atoms with Crippen LogP contribution in [0.15, 0.2) is 0 Å². The van der Waals surface area contributed by atoms with Crippen molar-refractivity contribution < 1.29 is 0 Å². The summed E-state index contributed by atoms with van der Waals surface area (Å²) in [5.41, 5.74) is 0. The van der Waals surface area contributed by atoms with Crippen LogP contribution in [0.2, 0.25) is 0 Å². The molecule has 2 heteroatoms. The van der Waals surface area contributed by atoms with Gasteiger partial charge in [-0.2, -0.15) is 0 Å². The second-order valence-corrected chi connectivity index (χ2v) is 3.61. The van der Waals surface area contributed by atoms with E-state index in [-0.39, 0.29) is 0 Å². The molecule has 2 nitrogen and oxygen atoms in total. The van der Waals surface area contributed by atoms with Crippen molar-refractivity contribution in [1.29, 1.82) is 0 Å². The van der Waals surface area contributed by atoms with Crippen molar-refractivity contribution in [2.75, 3.05) is 27.2 Å². The fraction of sp³-hybridized carbons (Fsp3) is 1.00. The Hall–Kier alpha value is -0.0800. The summed E-state index contributed by atoms with van der Waals surface area (Å²) in [5, 5.41) is 3.39. The number of rotatable bonds is 3. The normalized spacial score (nSPS) is 29.2. The lowest BCUT2D eigenvalue weighted by Crippen LogP contribution is -2.34. The molecule has 1 heterocycles. The molecule has 1 N–H and O–H groups in total. The number of likely N-dealkylation sites (tertiary alicyclic amines) is 1. The largest absolute Gasteiger partial charge is 0.317 e. The molecule has 0 aromatic carbocycles. The van der Waals surface area contributed by atoms with Gasteiger partial charge in [0.15, 0.2) is 0 Å². The molecule has 66 valence electrons. The van der Waals surface area contributed by atoms with E-state index in [1.165, 1.54) is 25.9 Å². The summed E-state index contributed by atoms with van der Waals surface area (Å²) >= 11 is 0. The lowest BCUT2D eigenvalue weighted by atomic mass is 9.97. The average molecular weight is 156 g/mol. The molecule has 0 saturated carbocycles. The summed E-state index contributed by atoms with van der Waals surface area (Å²) in [5.74, 6) is 0.884. The Morgan fingerprint density at radius 3 is 2.73 bits per heavy atom. The Morgan fingerprint density at radius 2 is 2.36 bits per heavy atom. The third kappa shape index (κ3) is 2.17. The Morgan fingerprint density at radius 1 is 1.64 bits per heavy atom. The Labute approximate surface area is 70.0 Å². The average Bonchev–Trinajstić information content (AvgIpc) is 2.39. The predicted octanol–water partition coefficient (Wildman–Crippen LogP) is 0.936. The topological polar surface area (TPSA) is 15.3 Å². The van der Waals surface area contributed by atoms with E-state index < -0.39 is 0 Å². The first-order valence-corrected chi connectivity index (χ1v) is 4.63. The first kappa shape index (κ1) is 9.01. The van der Waals surface area contributed by atoms with Crippen LogP contribution in [0.4, 0.5) is 0 Å². The minimum absolute atomic E-state index is 0.736. The molecule has 2 atom stereocenters. The zero-order chi connectivity index (χ0) is 8.27. The molecule has 0 spiro atoms. The Balaban J connectivity index is 2.34. The molecule has 1 aliphatic heterocycles. The maximum absolute atomic E-state index is 3.39. The van der Waals surface area contributed by atoms with Crippen molar-refractivity contribution in [1.82, 2.24) is 10.2 Å². The smallest absolute Gasteiger partial charge is 0.0102 e. The van der Waals surface area contributed by atoms with Gasteiger partial charge in [-0.05, 0) is 39.4 Å². The second kappa shape index (κ2) is 4.07. The van der Waals surface area contributed by atoms with Gasteiger partial charge in [-0.3, -0.25) is 0 Å². The Bertz CT molecular complexity index is 110. The quantitative estimate of drug-likeness (QED) is 0.654. The van der Waals surface area contributed by atoms with Crippen LogP contribution in [0.1, 0.15) is 19.8 Å². The van der Waals surface area contributed by atoms with Crippen LogP contribution in [0.3, 0.4) is 0 Å². The number of hydrogen-bond donors (Lipinski definition) is 1. The molecule has 0 aliphatic carbocycles. The van der Waals surface area contributed by atoms with Gasteiger partial charge in [-0.15, -0.1) is 0 Å². The number of nitrogens with zero attached hydrogens (tertiary/aromatic N) is 1. The van der Waals surface area contributed by atoms with Crippen LogP contribution in [-0.2, 0) is 0 Å². The summed E-state index contributed by atoms with van der Waals surface area (Å²) in [6.45, 7) is 4.82. The van der Waals surface area contributed by atoms with Gasteiger partial charge in [-0.25, -0.2) is 0 Å². The van der Waals surface area contributed by atoms with Gasteiger partial charge < -0.3 is 10.2 Å². The van der Waals surface area contributed by atoms with Crippen molar-refractivity contribution in [3.05, 3.63) is 0 Å². The van der Waals surface area contributed by atoms with Gasteiger partial charge in [0.1, 0.15) is 0 Å². The van der Waals surface area contributed by atoms with E-state index in [9.17, 15) is 0 Å². The number of hydrogen-bond acceptors (Lipinski definition) is 2. The molecule has 1 fully saturated rings. The predicted molar refractivity (Wildman–Crippen MR) is 48.7 cm³/mol. The van der Waals surface area contributed by atoms with E-state index in [0.717, 1.165) is 12.0 Å². The van der Waals surface area contributed by atoms with Crippen LogP contribution >= 0.6 is 0 Å². The minimum atomic E-state index is 0.736. The Kier molecular flexibility index (Phi) is 3.34. The molecule has 2 unspecified atom stereocenters. The van der Waals surface area contributed by atoms with Crippen LogP contribution in [-0.4, -0.2) is 38.1 Å². The van der Waals surface area contributed by atoms with Crippen molar-refractivity contribution in [3.63, 3.8) is 0 Å². The molecule has 11 heavy (non-hydrogen) atoms. The van der Waals surface area contributed by atoms with Crippen LogP contribution in [0, 0.1) is 5.92 Å². The maximum atomic E-state index is 3.39. The van der Waals surface area contributed by atoms with E-state index in [1.807, 2.05) is 0 Å². The fourth-order valence-corrected chi connectivity index (χ4v) is 2.07. The standard InChI is InChI=1S/C9H20N2/c1-4-9(10-2)8-5-6-11(3)7-8/h8-10H,4-7H2,1-3H3. The van der Waals surface area contributed by atoms with E-state index in [2.05, 4.69) is 31.2 Å². The van der Waals surface area contributed by atoms with Crippen LogP contribution in [0.25, 0.3) is 0 Å². The lowest BCUT2D eigenvalue weighted by Gasteiger charge is -2.21. The highest BCUT2D eigenvalue weighted by atomic mass is 15.1. The van der Waals surface area contributed by atoms with Gasteiger partial charge in [0.05, 0.1) is 0 Å². The summed E-state index contributed by atoms with van der Waals surface area (Å²) in [6.07, 6.45) is 2.63. The van der Waals surface area contributed by atoms with E-state index in [1.54, 1.807) is 0 Å². The molecule has 0 aromatic rings. The fourth-order valence-electron chi connectivity index (χ4n) is 2.07. The van der Waals surface area contributed by atoms with Crippen molar-refractivity contribution in [2.24, 2.45) is 5.92 Å². The molecule has 0 aromatic heterocycles. The van der Waals surface area contributed by atoms with Crippen LogP contribution < -0.4 is 5.32 Å². The lowest BCUT2D eigenvalue weighted by molar-refractivity contribution is 0.340. The monoisotopic (exact) mass is 156 g/mol. The van der Waals surface area contributed by atoms with E-state index in [0.29, 0.717) is 0 Å². The summed E-state index contributed by atoms with van der Waals surface area (Å²) < 4.78 is 0. The third-order valence-electron chi connectivity index (χ3n) is 2.81. The zero-order valence-corrected chi connectivity index (χ0v) is 7.93. The molecule has 1 aliphatic rings. The van der Waals surface area contributed by atoms with Crippen molar-refractivity contribution in [2.45, 2.75) is 25.8 Å². The molecular weight excluding hydrogens is 136 g/mol. The van der Waals surface area contributed by atoms with E-state index >= 15 is 0 Å².